The van der Waals surface area contributed by atoms with Gasteiger partial charge in [-0.15, -0.1) is 10.2 Å². The number of benzene rings is 2. The minimum atomic E-state index is -0.480. The second-order valence-corrected chi connectivity index (χ2v) is 7.53. The van der Waals surface area contributed by atoms with Gasteiger partial charge in [-0.3, -0.25) is 14.9 Å². The Hall–Kier alpha value is -4.33. The second-order valence-electron chi connectivity index (χ2n) is 6.59. The Morgan fingerprint density at radius 1 is 1.21 bits per heavy atom. The fraction of sp³-hybridized carbons (Fsp3) is 0.158. The lowest BCUT2D eigenvalue weighted by molar-refractivity contribution is -0.384. The molecular weight excluding hydrogens is 452 g/mol. The number of nitro groups is 1. The molecule has 1 aromatic heterocycles. The number of carbonyl (C=O) groups excluding carboxylic acids is 1. The Bertz CT molecular complexity index is 1200. The lowest BCUT2D eigenvalue weighted by Gasteiger charge is -2.18. The van der Waals surface area contributed by atoms with E-state index in [9.17, 15) is 14.9 Å². The first kappa shape index (κ1) is 21.9. The molecule has 2 heterocycles. The number of aromatic nitrogens is 3. The van der Waals surface area contributed by atoms with E-state index in [1.54, 1.807) is 30.3 Å². The van der Waals surface area contributed by atoms with E-state index in [1.807, 2.05) is 0 Å². The van der Waals surface area contributed by atoms with Crippen molar-refractivity contribution in [1.29, 1.82) is 0 Å². The SMILES string of the molecule is Nn1c(N/N=C/c2ccc([N+](=O)[O-])cc2)nnc1SCC(=O)Nc1ccc2c(c1)OCCO2. The zero-order valence-corrected chi connectivity index (χ0v) is 17.8. The van der Waals surface area contributed by atoms with Crippen LogP contribution in [-0.4, -0.2) is 50.9 Å². The smallest absolute Gasteiger partial charge is 0.269 e. The molecule has 3 aromatic rings. The molecule has 1 amide bonds. The van der Waals surface area contributed by atoms with Gasteiger partial charge in [-0.1, -0.05) is 11.8 Å². The van der Waals surface area contributed by atoms with Crippen molar-refractivity contribution in [2.75, 3.05) is 35.6 Å². The minimum absolute atomic E-state index is 0.0125. The lowest BCUT2D eigenvalue weighted by atomic mass is 10.2. The number of thioether (sulfide) groups is 1. The van der Waals surface area contributed by atoms with E-state index in [0.717, 1.165) is 16.4 Å². The van der Waals surface area contributed by atoms with Gasteiger partial charge >= 0.3 is 0 Å². The van der Waals surface area contributed by atoms with Crippen LogP contribution in [0.25, 0.3) is 0 Å². The molecule has 33 heavy (non-hydrogen) atoms. The first-order valence-electron chi connectivity index (χ1n) is 9.56. The first-order chi connectivity index (χ1) is 16.0. The summed E-state index contributed by atoms with van der Waals surface area (Å²) in [5, 5.41) is 25.6. The van der Waals surface area contributed by atoms with Crippen molar-refractivity contribution in [2.24, 2.45) is 5.10 Å². The van der Waals surface area contributed by atoms with E-state index in [4.69, 9.17) is 15.3 Å². The number of anilines is 2. The first-order valence-corrected chi connectivity index (χ1v) is 10.5. The van der Waals surface area contributed by atoms with E-state index < -0.39 is 4.92 Å². The van der Waals surface area contributed by atoms with Gasteiger partial charge in [-0.2, -0.15) is 5.10 Å². The van der Waals surface area contributed by atoms with Crippen molar-refractivity contribution in [2.45, 2.75) is 5.16 Å². The number of nitrogens with two attached hydrogens (primary N) is 1. The molecule has 170 valence electrons. The molecule has 0 saturated carbocycles. The molecule has 0 radical (unpaired) electrons. The third kappa shape index (κ3) is 5.48. The number of carbonyl (C=O) groups is 1. The van der Waals surface area contributed by atoms with Crippen molar-refractivity contribution in [1.82, 2.24) is 14.9 Å². The van der Waals surface area contributed by atoms with Crippen LogP contribution >= 0.6 is 11.8 Å². The van der Waals surface area contributed by atoms with Crippen LogP contribution in [0.15, 0.2) is 52.7 Å². The number of nitrogen functional groups attached to an aromatic ring is 1. The summed E-state index contributed by atoms with van der Waals surface area (Å²) in [6.45, 7) is 0.953. The second kappa shape index (κ2) is 9.86. The number of nitrogens with zero attached hydrogens (tertiary/aromatic N) is 5. The fourth-order valence-corrected chi connectivity index (χ4v) is 3.40. The van der Waals surface area contributed by atoms with Crippen LogP contribution in [0.4, 0.5) is 17.3 Å². The number of hydrogen-bond acceptors (Lipinski definition) is 11. The molecule has 4 N–H and O–H groups in total. The predicted octanol–water partition coefficient (Wildman–Crippen LogP) is 1.85. The molecular formula is C19H18N8O5S. The zero-order chi connectivity index (χ0) is 23.2. The minimum Gasteiger partial charge on any atom is -0.486 e. The summed E-state index contributed by atoms with van der Waals surface area (Å²) >= 11 is 1.10. The van der Waals surface area contributed by atoms with Crippen LogP contribution in [-0.2, 0) is 4.79 Å². The quantitative estimate of drug-likeness (QED) is 0.145. The van der Waals surface area contributed by atoms with Crippen LogP contribution in [0, 0.1) is 10.1 Å². The third-order valence-corrected chi connectivity index (χ3v) is 5.25. The highest BCUT2D eigenvalue weighted by molar-refractivity contribution is 7.99. The van der Waals surface area contributed by atoms with Gasteiger partial charge < -0.3 is 20.6 Å². The van der Waals surface area contributed by atoms with Gasteiger partial charge in [0.1, 0.15) is 13.2 Å². The van der Waals surface area contributed by atoms with Gasteiger partial charge in [0.2, 0.25) is 11.1 Å². The van der Waals surface area contributed by atoms with Crippen molar-refractivity contribution in [3.05, 3.63) is 58.1 Å². The third-order valence-electron chi connectivity index (χ3n) is 4.30. The lowest BCUT2D eigenvalue weighted by Crippen LogP contribution is -2.18. The molecule has 1 aliphatic rings. The fourth-order valence-electron chi connectivity index (χ4n) is 2.75. The molecule has 0 saturated heterocycles. The van der Waals surface area contributed by atoms with Gasteiger partial charge in [0.15, 0.2) is 11.5 Å². The average Bonchev–Trinajstić information content (AvgIpc) is 3.17. The number of nitrogens with one attached hydrogen (secondary N) is 2. The number of ether oxygens (including phenoxy) is 2. The Morgan fingerprint density at radius 2 is 1.97 bits per heavy atom. The van der Waals surface area contributed by atoms with Crippen LogP contribution in [0.3, 0.4) is 0 Å². The molecule has 0 atom stereocenters. The summed E-state index contributed by atoms with van der Waals surface area (Å²) < 4.78 is 12.1. The maximum Gasteiger partial charge on any atom is 0.269 e. The standard InChI is InChI=1S/C19H18N8O5S/c20-26-18(23-21-10-12-1-4-14(5-2-12)27(29)30)24-25-19(26)33-11-17(28)22-13-3-6-15-16(9-13)32-8-7-31-15/h1-6,9-10H,7-8,11,20H2,(H,22,28)(H,23,24)/b21-10+. The molecule has 0 fully saturated rings. The Kier molecular flexibility index (Phi) is 6.54. The van der Waals surface area contributed by atoms with Gasteiger partial charge in [0.25, 0.3) is 11.6 Å². The maximum absolute atomic E-state index is 12.3. The Morgan fingerprint density at radius 3 is 2.73 bits per heavy atom. The summed E-state index contributed by atoms with van der Waals surface area (Å²) in [6, 6.07) is 11.0. The van der Waals surface area contributed by atoms with E-state index in [1.165, 1.54) is 18.3 Å². The predicted molar refractivity (Wildman–Crippen MR) is 121 cm³/mol. The molecule has 0 unspecified atom stereocenters. The topological polar surface area (TPSA) is 172 Å². The van der Waals surface area contributed by atoms with E-state index in [-0.39, 0.29) is 23.3 Å². The monoisotopic (exact) mass is 470 g/mol. The molecule has 0 bridgehead atoms. The summed E-state index contributed by atoms with van der Waals surface area (Å²) in [7, 11) is 0. The number of non-ortho nitro benzene ring substituents is 1. The molecule has 14 heteroatoms. The maximum atomic E-state index is 12.3. The molecule has 1 aliphatic heterocycles. The Labute approximate surface area is 191 Å². The molecule has 0 aliphatic carbocycles. The summed E-state index contributed by atoms with van der Waals surface area (Å²) in [4.78, 5) is 22.5. The van der Waals surface area contributed by atoms with Gasteiger partial charge in [0.05, 0.1) is 16.9 Å². The largest absolute Gasteiger partial charge is 0.486 e. The summed E-state index contributed by atoms with van der Waals surface area (Å²) in [6.07, 6.45) is 1.45. The summed E-state index contributed by atoms with van der Waals surface area (Å²) in [5.41, 5.74) is 3.85. The highest BCUT2D eigenvalue weighted by Gasteiger charge is 2.15. The van der Waals surface area contributed by atoms with Gasteiger partial charge in [0, 0.05) is 23.9 Å². The van der Waals surface area contributed by atoms with E-state index in [0.29, 0.717) is 41.1 Å². The highest BCUT2D eigenvalue weighted by atomic mass is 32.2. The van der Waals surface area contributed by atoms with Crippen molar-refractivity contribution in [3.63, 3.8) is 0 Å². The number of hydrazone groups is 1. The van der Waals surface area contributed by atoms with Gasteiger partial charge in [-0.05, 0) is 29.8 Å². The summed E-state index contributed by atoms with van der Waals surface area (Å²) in [5.74, 6) is 7.12. The van der Waals surface area contributed by atoms with E-state index in [2.05, 4.69) is 26.0 Å². The van der Waals surface area contributed by atoms with Crippen LogP contribution in [0.1, 0.15) is 5.56 Å². The van der Waals surface area contributed by atoms with Crippen molar-refractivity contribution < 1.29 is 19.2 Å². The normalized spacial score (nSPS) is 12.5. The number of fused-ring (bicyclic) bond motifs is 1. The van der Waals surface area contributed by atoms with Crippen molar-refractivity contribution >= 4 is 41.2 Å². The van der Waals surface area contributed by atoms with Crippen molar-refractivity contribution in [3.8, 4) is 11.5 Å². The molecule has 0 spiro atoms. The zero-order valence-electron chi connectivity index (χ0n) is 17.0. The van der Waals surface area contributed by atoms with Crippen LogP contribution in [0.5, 0.6) is 11.5 Å². The molecule has 13 nitrogen and oxygen atoms in total. The number of hydrogen-bond donors (Lipinski definition) is 3. The number of amides is 1. The van der Waals surface area contributed by atoms with Crippen LogP contribution < -0.4 is 26.1 Å². The van der Waals surface area contributed by atoms with Crippen LogP contribution in [0.2, 0.25) is 0 Å². The average molecular weight is 470 g/mol. The molecule has 2 aromatic carbocycles. The van der Waals surface area contributed by atoms with E-state index >= 15 is 0 Å². The number of rotatable bonds is 8. The molecule has 4 rings (SSSR count). The Balaban J connectivity index is 1.28. The highest BCUT2D eigenvalue weighted by Crippen LogP contribution is 2.32. The number of nitro benzene ring substituents is 1. The van der Waals surface area contributed by atoms with Gasteiger partial charge in [-0.25, -0.2) is 10.1 Å².